The average molecular weight is 264 g/mol. The van der Waals surface area contributed by atoms with E-state index in [1.54, 1.807) is 14.0 Å². The van der Waals surface area contributed by atoms with E-state index in [2.05, 4.69) is 10.3 Å². The van der Waals surface area contributed by atoms with Gasteiger partial charge in [-0.2, -0.15) is 0 Å². The number of aromatic nitrogens is 1. The lowest BCUT2D eigenvalue weighted by molar-refractivity contribution is 0.0690. The highest BCUT2D eigenvalue weighted by atomic mass is 32.1. The number of aryl methyl sites for hydroxylation is 1. The number of carbonyl (C=O) groups is 1. The van der Waals surface area contributed by atoms with Gasteiger partial charge < -0.3 is 15.2 Å². The van der Waals surface area contributed by atoms with E-state index in [-0.39, 0.29) is 5.69 Å². The van der Waals surface area contributed by atoms with Gasteiger partial charge in [0.05, 0.1) is 7.11 Å². The van der Waals surface area contributed by atoms with Crippen LogP contribution in [0, 0.1) is 6.92 Å². The molecule has 0 saturated heterocycles. The maximum atomic E-state index is 10.9. The van der Waals surface area contributed by atoms with E-state index in [0.717, 1.165) is 11.4 Å². The van der Waals surface area contributed by atoms with Gasteiger partial charge in [0.1, 0.15) is 5.75 Å². The summed E-state index contributed by atoms with van der Waals surface area (Å²) in [6, 6.07) is 7.36. The second-order valence-corrected chi connectivity index (χ2v) is 4.79. The molecule has 0 atom stereocenters. The molecule has 0 spiro atoms. The molecular formula is C12H12N2O3S. The Balaban J connectivity index is 2.23. The van der Waals surface area contributed by atoms with Crippen molar-refractivity contribution in [2.24, 2.45) is 0 Å². The molecule has 0 radical (unpaired) electrons. The van der Waals surface area contributed by atoms with Crippen molar-refractivity contribution in [3.8, 4) is 5.75 Å². The standard InChI is InChI=1S/C12H12N2O3S/c1-7-10(11(15)16)14-12(18-7)13-8-4-3-5-9(6-8)17-2/h3-6H,1-2H3,(H,13,14)(H,15,16). The first-order chi connectivity index (χ1) is 8.60. The second kappa shape index (κ2) is 5.05. The second-order valence-electron chi connectivity index (χ2n) is 3.59. The van der Waals surface area contributed by atoms with Crippen LogP contribution in [-0.4, -0.2) is 23.2 Å². The highest BCUT2D eigenvalue weighted by molar-refractivity contribution is 7.15. The van der Waals surface area contributed by atoms with Crippen molar-refractivity contribution in [1.29, 1.82) is 0 Å². The number of aromatic carboxylic acids is 1. The van der Waals surface area contributed by atoms with Crippen LogP contribution < -0.4 is 10.1 Å². The minimum absolute atomic E-state index is 0.0883. The number of carboxylic acid groups (broad SMARTS) is 1. The predicted molar refractivity (Wildman–Crippen MR) is 70.1 cm³/mol. The van der Waals surface area contributed by atoms with Gasteiger partial charge in [0.2, 0.25) is 0 Å². The average Bonchev–Trinajstić information content (AvgIpc) is 2.70. The Hall–Kier alpha value is -2.08. The van der Waals surface area contributed by atoms with E-state index in [9.17, 15) is 4.79 Å². The third-order valence-corrected chi connectivity index (χ3v) is 3.21. The van der Waals surface area contributed by atoms with Crippen molar-refractivity contribution in [3.63, 3.8) is 0 Å². The van der Waals surface area contributed by atoms with Crippen LogP contribution in [0.2, 0.25) is 0 Å². The van der Waals surface area contributed by atoms with Gasteiger partial charge in [0, 0.05) is 16.6 Å². The van der Waals surface area contributed by atoms with Crippen LogP contribution in [0.1, 0.15) is 15.4 Å². The first kappa shape index (κ1) is 12.4. The van der Waals surface area contributed by atoms with Gasteiger partial charge in [0.25, 0.3) is 0 Å². The Kier molecular flexibility index (Phi) is 3.47. The number of benzene rings is 1. The van der Waals surface area contributed by atoms with E-state index in [1.165, 1.54) is 11.3 Å². The molecule has 0 saturated carbocycles. The number of nitrogens with zero attached hydrogens (tertiary/aromatic N) is 1. The summed E-state index contributed by atoms with van der Waals surface area (Å²) < 4.78 is 5.11. The number of thiazole rings is 1. The molecular weight excluding hydrogens is 252 g/mol. The minimum Gasteiger partial charge on any atom is -0.497 e. The lowest BCUT2D eigenvalue weighted by Gasteiger charge is -2.04. The Labute approximate surface area is 108 Å². The molecule has 1 aromatic carbocycles. The third kappa shape index (κ3) is 2.60. The van der Waals surface area contributed by atoms with Crippen molar-refractivity contribution in [1.82, 2.24) is 4.98 Å². The Morgan fingerprint density at radius 3 is 2.89 bits per heavy atom. The molecule has 0 aliphatic heterocycles. The Morgan fingerprint density at radius 2 is 2.28 bits per heavy atom. The first-order valence-corrected chi connectivity index (χ1v) is 6.03. The van der Waals surface area contributed by atoms with E-state index < -0.39 is 5.97 Å². The molecule has 1 heterocycles. The molecule has 2 N–H and O–H groups in total. The maximum absolute atomic E-state index is 10.9. The summed E-state index contributed by atoms with van der Waals surface area (Å²) in [5, 5.41) is 12.5. The zero-order chi connectivity index (χ0) is 13.1. The maximum Gasteiger partial charge on any atom is 0.355 e. The van der Waals surface area contributed by atoms with Gasteiger partial charge in [-0.25, -0.2) is 9.78 Å². The Morgan fingerprint density at radius 1 is 1.50 bits per heavy atom. The molecule has 94 valence electrons. The fourth-order valence-corrected chi connectivity index (χ4v) is 2.30. The van der Waals surface area contributed by atoms with Gasteiger partial charge in [-0.1, -0.05) is 6.07 Å². The SMILES string of the molecule is COc1cccc(Nc2nc(C(=O)O)c(C)s2)c1. The van der Waals surface area contributed by atoms with Gasteiger partial charge in [-0.3, -0.25) is 0 Å². The minimum atomic E-state index is -1.01. The van der Waals surface area contributed by atoms with E-state index >= 15 is 0 Å². The molecule has 18 heavy (non-hydrogen) atoms. The van der Waals surface area contributed by atoms with E-state index in [4.69, 9.17) is 9.84 Å². The third-order valence-electron chi connectivity index (χ3n) is 2.32. The molecule has 5 nitrogen and oxygen atoms in total. The Bertz CT molecular complexity index is 580. The molecule has 0 bridgehead atoms. The van der Waals surface area contributed by atoms with Crippen LogP contribution in [0.15, 0.2) is 24.3 Å². The number of anilines is 2. The smallest absolute Gasteiger partial charge is 0.355 e. The number of methoxy groups -OCH3 is 1. The first-order valence-electron chi connectivity index (χ1n) is 5.22. The number of nitrogens with one attached hydrogen (secondary N) is 1. The van der Waals surface area contributed by atoms with Gasteiger partial charge in [-0.05, 0) is 19.1 Å². The van der Waals surface area contributed by atoms with E-state index in [0.29, 0.717) is 10.0 Å². The number of carboxylic acids is 1. The summed E-state index contributed by atoms with van der Waals surface area (Å²) in [7, 11) is 1.59. The van der Waals surface area contributed by atoms with Crippen LogP contribution >= 0.6 is 11.3 Å². The van der Waals surface area contributed by atoms with Crippen LogP contribution in [-0.2, 0) is 0 Å². The predicted octanol–water partition coefficient (Wildman–Crippen LogP) is 2.90. The van der Waals surface area contributed by atoms with Crippen molar-refractivity contribution < 1.29 is 14.6 Å². The lowest BCUT2D eigenvalue weighted by atomic mass is 10.3. The highest BCUT2D eigenvalue weighted by Gasteiger charge is 2.13. The molecule has 0 amide bonds. The summed E-state index contributed by atoms with van der Waals surface area (Å²) in [6.45, 7) is 1.73. The fraction of sp³-hybridized carbons (Fsp3) is 0.167. The molecule has 2 aromatic rings. The number of ether oxygens (including phenoxy) is 1. The zero-order valence-corrected chi connectivity index (χ0v) is 10.7. The normalized spacial score (nSPS) is 10.1. The monoisotopic (exact) mass is 264 g/mol. The molecule has 6 heteroatoms. The van der Waals surface area contributed by atoms with Gasteiger partial charge >= 0.3 is 5.97 Å². The molecule has 0 fully saturated rings. The van der Waals surface area contributed by atoms with Crippen LogP contribution in [0.25, 0.3) is 0 Å². The fourth-order valence-electron chi connectivity index (χ4n) is 1.47. The van der Waals surface area contributed by atoms with Gasteiger partial charge in [0.15, 0.2) is 10.8 Å². The van der Waals surface area contributed by atoms with Gasteiger partial charge in [-0.15, -0.1) is 11.3 Å². The molecule has 1 aromatic heterocycles. The summed E-state index contributed by atoms with van der Waals surface area (Å²) in [5.41, 5.74) is 0.894. The summed E-state index contributed by atoms with van der Waals surface area (Å²) in [4.78, 5) is 15.6. The van der Waals surface area contributed by atoms with Crippen LogP contribution in [0.3, 0.4) is 0 Å². The van der Waals surface area contributed by atoms with Crippen molar-refractivity contribution in [2.45, 2.75) is 6.92 Å². The zero-order valence-electron chi connectivity index (χ0n) is 9.93. The molecule has 0 aliphatic carbocycles. The van der Waals surface area contributed by atoms with Crippen molar-refractivity contribution in [3.05, 3.63) is 34.8 Å². The van der Waals surface area contributed by atoms with Crippen LogP contribution in [0.4, 0.5) is 10.8 Å². The summed E-state index contributed by atoms with van der Waals surface area (Å²) in [6.07, 6.45) is 0. The summed E-state index contributed by atoms with van der Waals surface area (Å²) >= 11 is 1.31. The number of hydrogen-bond acceptors (Lipinski definition) is 5. The molecule has 0 unspecified atom stereocenters. The topological polar surface area (TPSA) is 71.5 Å². The lowest BCUT2D eigenvalue weighted by Crippen LogP contribution is -1.99. The number of hydrogen-bond donors (Lipinski definition) is 2. The quantitative estimate of drug-likeness (QED) is 0.888. The highest BCUT2D eigenvalue weighted by Crippen LogP contribution is 2.26. The largest absolute Gasteiger partial charge is 0.497 e. The van der Waals surface area contributed by atoms with Crippen LogP contribution in [0.5, 0.6) is 5.75 Å². The van der Waals surface area contributed by atoms with Crippen molar-refractivity contribution >= 4 is 28.1 Å². The molecule has 0 aliphatic rings. The summed E-state index contributed by atoms with van der Waals surface area (Å²) in [5.74, 6) is -0.283. The molecule has 2 rings (SSSR count). The number of rotatable bonds is 4. The van der Waals surface area contributed by atoms with Crippen molar-refractivity contribution in [2.75, 3.05) is 12.4 Å². The van der Waals surface area contributed by atoms with E-state index in [1.807, 2.05) is 24.3 Å².